The van der Waals surface area contributed by atoms with E-state index in [9.17, 15) is 4.79 Å². The molecule has 20 heavy (non-hydrogen) atoms. The first-order chi connectivity index (χ1) is 9.63. The van der Waals surface area contributed by atoms with Crippen LogP contribution in [-0.4, -0.2) is 62.5 Å². The second-order valence-electron chi connectivity index (χ2n) is 3.56. The normalized spacial score (nSPS) is 8.90. The van der Waals surface area contributed by atoms with E-state index >= 15 is 0 Å². The average molecular weight is 282 g/mol. The first-order valence-electron chi connectivity index (χ1n) is 5.68. The number of rotatable bonds is 7. The van der Waals surface area contributed by atoms with Crippen LogP contribution in [0.2, 0.25) is 0 Å². The molecule has 0 unspecified atom stereocenters. The number of nitrogens with zero attached hydrogens (tertiary/aromatic N) is 4. The summed E-state index contributed by atoms with van der Waals surface area (Å²) in [6, 6.07) is 3.37. The van der Waals surface area contributed by atoms with Gasteiger partial charge in [-0.05, 0) is 0 Å². The van der Waals surface area contributed by atoms with Gasteiger partial charge >= 0.3 is 0 Å². The Balaban J connectivity index is 0.000000621. The van der Waals surface area contributed by atoms with Crippen LogP contribution in [0.5, 0.6) is 5.88 Å². The number of hydrogen-bond acceptors (Lipinski definition) is 7. The molecule has 0 atom stereocenters. The van der Waals surface area contributed by atoms with Crippen LogP contribution in [0, 0.1) is 11.3 Å². The van der Waals surface area contributed by atoms with E-state index in [1.54, 1.807) is 27.3 Å². The average Bonchev–Trinajstić information content (AvgIpc) is 2.48. The lowest BCUT2D eigenvalue weighted by Gasteiger charge is -2.05. The lowest BCUT2D eigenvalue weighted by molar-refractivity contribution is -0.115. The van der Waals surface area contributed by atoms with E-state index in [1.807, 2.05) is 6.07 Å². The van der Waals surface area contributed by atoms with E-state index in [2.05, 4.69) is 9.97 Å². The van der Waals surface area contributed by atoms with Crippen LogP contribution in [0.25, 0.3) is 0 Å². The topological polar surface area (TPSA) is 97.6 Å². The summed E-state index contributed by atoms with van der Waals surface area (Å²) in [5.74, 6) is 0.392. The Morgan fingerprint density at radius 3 is 2.70 bits per heavy atom. The first-order valence-corrected chi connectivity index (χ1v) is 5.68. The van der Waals surface area contributed by atoms with Gasteiger partial charge in [0, 0.05) is 33.5 Å². The van der Waals surface area contributed by atoms with Crippen molar-refractivity contribution in [2.24, 2.45) is 0 Å². The lowest BCUT2D eigenvalue weighted by Crippen LogP contribution is -2.08. The quantitative estimate of drug-likeness (QED) is 0.396. The summed E-state index contributed by atoms with van der Waals surface area (Å²) in [4.78, 5) is 18.4. The van der Waals surface area contributed by atoms with Crippen molar-refractivity contribution in [3.05, 3.63) is 18.1 Å². The molecular formula is C12H18N4O4. The third-order valence-corrected chi connectivity index (χ3v) is 1.66. The summed E-state index contributed by atoms with van der Waals surface area (Å²) >= 11 is 0. The number of amides is 1. The Morgan fingerprint density at radius 1 is 1.45 bits per heavy atom. The van der Waals surface area contributed by atoms with Gasteiger partial charge in [0.05, 0.1) is 13.2 Å². The number of hydrogen-bond donors (Lipinski definition) is 0. The molecular weight excluding hydrogens is 264 g/mol. The fraction of sp³-hybridized carbons (Fsp3) is 0.500. The van der Waals surface area contributed by atoms with E-state index in [1.165, 1.54) is 11.1 Å². The number of carbonyl (C=O) groups is 1. The van der Waals surface area contributed by atoms with Crippen LogP contribution in [0.4, 0.5) is 0 Å². The van der Waals surface area contributed by atoms with E-state index in [0.717, 1.165) is 6.41 Å². The van der Waals surface area contributed by atoms with Crippen molar-refractivity contribution < 1.29 is 19.0 Å². The largest absolute Gasteiger partial charge is 0.450 e. The zero-order valence-corrected chi connectivity index (χ0v) is 11.8. The van der Waals surface area contributed by atoms with E-state index < -0.39 is 0 Å². The molecule has 0 aliphatic carbocycles. The van der Waals surface area contributed by atoms with Gasteiger partial charge < -0.3 is 19.1 Å². The Hall–Kier alpha value is -2.24. The Labute approximate surface area is 117 Å². The second-order valence-corrected chi connectivity index (χ2v) is 3.56. The molecule has 1 amide bonds. The smallest absolute Gasteiger partial charge is 0.235 e. The highest BCUT2D eigenvalue weighted by molar-refractivity contribution is 5.45. The standard InChI is InChI=1S/C9H11N3O3.C3H7NO/c1-13-4-5-14-7-15-9-2-3-11-8(6-10)12-9;1-4(2)3-5/h2-3H,4-5,7H2,1H3;3H,1-2H3. The summed E-state index contributed by atoms with van der Waals surface area (Å²) in [5.41, 5.74) is 0. The number of methoxy groups -OCH3 is 1. The maximum absolute atomic E-state index is 9.43. The van der Waals surface area contributed by atoms with Crippen LogP contribution < -0.4 is 4.74 Å². The van der Waals surface area contributed by atoms with E-state index in [0.29, 0.717) is 19.1 Å². The summed E-state index contributed by atoms with van der Waals surface area (Å²) < 4.78 is 15.0. The Kier molecular flexibility index (Phi) is 10.5. The van der Waals surface area contributed by atoms with Gasteiger partial charge in [-0.25, -0.2) is 4.98 Å². The van der Waals surface area contributed by atoms with Gasteiger partial charge in [0.25, 0.3) is 0 Å². The monoisotopic (exact) mass is 282 g/mol. The lowest BCUT2D eigenvalue weighted by atomic mass is 10.6. The molecule has 0 aromatic carbocycles. The maximum atomic E-state index is 9.43. The van der Waals surface area contributed by atoms with Crippen LogP contribution in [0.15, 0.2) is 12.3 Å². The van der Waals surface area contributed by atoms with Crippen LogP contribution in [-0.2, 0) is 14.3 Å². The van der Waals surface area contributed by atoms with Gasteiger partial charge in [-0.2, -0.15) is 10.2 Å². The maximum Gasteiger partial charge on any atom is 0.235 e. The van der Waals surface area contributed by atoms with Crippen LogP contribution in [0.3, 0.4) is 0 Å². The van der Waals surface area contributed by atoms with Gasteiger partial charge in [0.1, 0.15) is 6.07 Å². The highest BCUT2D eigenvalue weighted by atomic mass is 16.7. The number of carbonyl (C=O) groups excluding carboxylic acids is 1. The molecule has 0 N–H and O–H groups in total. The van der Waals surface area contributed by atoms with E-state index in [-0.39, 0.29) is 12.6 Å². The molecule has 0 saturated heterocycles. The van der Waals surface area contributed by atoms with Gasteiger partial charge in [-0.15, -0.1) is 0 Å². The van der Waals surface area contributed by atoms with Gasteiger partial charge in [-0.3, -0.25) is 4.79 Å². The number of nitriles is 1. The van der Waals surface area contributed by atoms with Crippen molar-refractivity contribution in [3.8, 4) is 11.9 Å². The predicted octanol–water partition coefficient (Wildman–Crippen LogP) is 0.0520. The molecule has 0 radical (unpaired) electrons. The molecule has 0 spiro atoms. The van der Waals surface area contributed by atoms with Gasteiger partial charge in [0.15, 0.2) is 6.79 Å². The van der Waals surface area contributed by atoms with Crippen molar-refractivity contribution >= 4 is 6.41 Å². The second kappa shape index (κ2) is 11.8. The summed E-state index contributed by atoms with van der Waals surface area (Å²) in [6.07, 6.45) is 2.20. The third-order valence-electron chi connectivity index (χ3n) is 1.66. The number of aromatic nitrogens is 2. The Bertz CT molecular complexity index is 420. The molecule has 0 aliphatic rings. The molecule has 110 valence electrons. The van der Waals surface area contributed by atoms with Crippen molar-refractivity contribution in [2.45, 2.75) is 0 Å². The first kappa shape index (κ1) is 17.8. The highest BCUT2D eigenvalue weighted by Crippen LogP contribution is 2.03. The molecule has 0 bridgehead atoms. The summed E-state index contributed by atoms with van der Waals surface area (Å²) in [6.45, 7) is 1.04. The van der Waals surface area contributed by atoms with Gasteiger partial charge in [0.2, 0.25) is 18.1 Å². The van der Waals surface area contributed by atoms with Crippen molar-refractivity contribution in [2.75, 3.05) is 41.2 Å². The SMILES string of the molecule is CN(C)C=O.COCCOCOc1ccnc(C#N)n1. The minimum Gasteiger partial charge on any atom is -0.450 e. The zero-order chi connectivity index (χ0) is 15.2. The molecule has 8 heteroatoms. The molecule has 0 saturated carbocycles. The minimum absolute atomic E-state index is 0.0735. The molecule has 1 rings (SSSR count). The highest BCUT2D eigenvalue weighted by Gasteiger charge is 1.98. The molecule has 1 heterocycles. The molecule has 1 aromatic rings. The van der Waals surface area contributed by atoms with Crippen LogP contribution in [0.1, 0.15) is 5.82 Å². The third kappa shape index (κ3) is 9.76. The fourth-order valence-corrected chi connectivity index (χ4v) is 0.780. The zero-order valence-electron chi connectivity index (χ0n) is 11.8. The molecule has 8 nitrogen and oxygen atoms in total. The minimum atomic E-state index is 0.0735. The van der Waals surface area contributed by atoms with Crippen LogP contribution >= 0.6 is 0 Å². The molecule has 1 aromatic heterocycles. The number of ether oxygens (including phenoxy) is 3. The molecule has 0 aliphatic heterocycles. The Morgan fingerprint density at radius 2 is 2.15 bits per heavy atom. The summed E-state index contributed by atoms with van der Waals surface area (Å²) in [7, 11) is 4.97. The molecule has 0 fully saturated rings. The van der Waals surface area contributed by atoms with Crippen molar-refractivity contribution in [1.82, 2.24) is 14.9 Å². The van der Waals surface area contributed by atoms with E-state index in [4.69, 9.17) is 19.5 Å². The van der Waals surface area contributed by atoms with Gasteiger partial charge in [-0.1, -0.05) is 0 Å². The van der Waals surface area contributed by atoms with Crippen molar-refractivity contribution in [1.29, 1.82) is 5.26 Å². The van der Waals surface area contributed by atoms with Crippen molar-refractivity contribution in [3.63, 3.8) is 0 Å². The summed E-state index contributed by atoms with van der Waals surface area (Å²) in [5, 5.41) is 8.53. The predicted molar refractivity (Wildman–Crippen MR) is 69.8 cm³/mol. The fourth-order valence-electron chi connectivity index (χ4n) is 0.780.